The highest BCUT2D eigenvalue weighted by Gasteiger charge is 2.55. The van der Waals surface area contributed by atoms with Crippen molar-refractivity contribution in [1.29, 1.82) is 0 Å². The van der Waals surface area contributed by atoms with E-state index in [1.165, 1.54) is 23.8 Å². The Balaban J connectivity index is 1.73. The van der Waals surface area contributed by atoms with E-state index in [1.54, 1.807) is 6.92 Å². The summed E-state index contributed by atoms with van der Waals surface area (Å²) in [5, 5.41) is 46.7. The smallest absolute Gasteiger partial charge is 0.394 e. The topological polar surface area (TPSA) is 283 Å². The largest absolute Gasteiger partial charge is 0.475 e. The second-order valence-electron chi connectivity index (χ2n) is 12.5. The maximum Gasteiger partial charge on any atom is 0.475 e. The van der Waals surface area contributed by atoms with Crippen molar-refractivity contribution in [2.24, 2.45) is 11.8 Å². The van der Waals surface area contributed by atoms with Crippen LogP contribution in [0.2, 0.25) is 0 Å². The van der Waals surface area contributed by atoms with Gasteiger partial charge in [-0.2, -0.15) is 4.98 Å². The van der Waals surface area contributed by atoms with Crippen LogP contribution in [0.1, 0.15) is 53.2 Å². The van der Waals surface area contributed by atoms with Crippen LogP contribution in [-0.2, 0) is 37.4 Å². The Kier molecular flexibility index (Phi) is 15.1. The van der Waals surface area contributed by atoms with Crippen LogP contribution in [0.3, 0.4) is 0 Å². The molecule has 11 atom stereocenters. The SMILES string of the molecule is C=C(C)C1(OP(=O)(O)OCC2OC(n3ccc(N)nc3=O)C(C)C2C)CC(O)C(NC(=O)CNC(=O)CCOCCC)C(C(O)C(O)CO)O1. The molecule has 0 bridgehead atoms. The zero-order valence-corrected chi connectivity index (χ0v) is 29.4. The van der Waals surface area contributed by atoms with Crippen molar-refractivity contribution in [2.45, 2.75) is 95.5 Å². The number of hydrogen-bond donors (Lipinski definition) is 8. The van der Waals surface area contributed by atoms with Crippen LogP contribution in [-0.4, -0.2) is 122 Å². The van der Waals surface area contributed by atoms with Crippen LogP contribution in [0.15, 0.2) is 29.2 Å². The number of amides is 2. The van der Waals surface area contributed by atoms with Crippen LogP contribution >= 0.6 is 7.82 Å². The van der Waals surface area contributed by atoms with Gasteiger partial charge in [0, 0.05) is 31.6 Å². The number of phosphoric ester groups is 1. The van der Waals surface area contributed by atoms with Gasteiger partial charge >= 0.3 is 13.5 Å². The highest BCUT2D eigenvalue weighted by atomic mass is 31.2. The van der Waals surface area contributed by atoms with E-state index in [9.17, 15) is 44.3 Å². The van der Waals surface area contributed by atoms with Gasteiger partial charge in [0.05, 0.1) is 44.6 Å². The summed E-state index contributed by atoms with van der Waals surface area (Å²) in [6.07, 6.45) is -7.18. The molecule has 0 spiro atoms. The normalized spacial score (nSPS) is 30.6. The number of carbonyl (C=O) groups is 2. The Labute approximate surface area is 289 Å². The van der Waals surface area contributed by atoms with E-state index in [2.05, 4.69) is 22.2 Å². The first-order chi connectivity index (χ1) is 23.4. The van der Waals surface area contributed by atoms with E-state index in [1.807, 2.05) is 13.8 Å². The van der Waals surface area contributed by atoms with Crippen molar-refractivity contribution >= 4 is 25.5 Å². The number of aromatic nitrogens is 2. The Morgan fingerprint density at radius 2 is 1.96 bits per heavy atom. The quantitative estimate of drug-likeness (QED) is 0.0493. The predicted molar refractivity (Wildman–Crippen MR) is 175 cm³/mol. The molecule has 3 heterocycles. The Morgan fingerprint density at radius 3 is 2.58 bits per heavy atom. The first-order valence-corrected chi connectivity index (χ1v) is 17.8. The minimum Gasteiger partial charge on any atom is -0.394 e. The van der Waals surface area contributed by atoms with E-state index in [0.29, 0.717) is 6.61 Å². The highest BCUT2D eigenvalue weighted by Crippen LogP contribution is 2.53. The highest BCUT2D eigenvalue weighted by molar-refractivity contribution is 7.47. The lowest BCUT2D eigenvalue weighted by atomic mass is 9.86. The fourth-order valence-corrected chi connectivity index (χ4v) is 6.65. The van der Waals surface area contributed by atoms with Gasteiger partial charge in [-0.05, 0) is 30.9 Å². The summed E-state index contributed by atoms with van der Waals surface area (Å²) in [4.78, 5) is 51.8. The Morgan fingerprint density at radius 1 is 1.26 bits per heavy atom. The number of nitrogens with one attached hydrogen (secondary N) is 2. The molecule has 284 valence electrons. The summed E-state index contributed by atoms with van der Waals surface area (Å²) < 4.78 is 42.6. The van der Waals surface area contributed by atoms with E-state index < -0.39 is 100 Å². The van der Waals surface area contributed by atoms with Gasteiger partial charge in [0.1, 0.15) is 30.4 Å². The molecule has 2 saturated heterocycles. The van der Waals surface area contributed by atoms with Gasteiger partial charge in [0.2, 0.25) is 17.6 Å². The summed E-state index contributed by atoms with van der Waals surface area (Å²) in [6.45, 7) is 9.32. The van der Waals surface area contributed by atoms with E-state index in [-0.39, 0.29) is 36.3 Å². The Hall–Kier alpha value is -2.81. The van der Waals surface area contributed by atoms with Crippen LogP contribution in [0.5, 0.6) is 0 Å². The molecule has 2 fully saturated rings. The van der Waals surface area contributed by atoms with Crippen molar-refractivity contribution in [3.8, 4) is 0 Å². The lowest BCUT2D eigenvalue weighted by Gasteiger charge is -2.48. The monoisotopic (exact) mass is 735 g/mol. The molecular weight excluding hydrogens is 685 g/mol. The summed E-state index contributed by atoms with van der Waals surface area (Å²) in [5.41, 5.74) is 4.89. The van der Waals surface area contributed by atoms with Gasteiger partial charge in [-0.25, -0.2) is 13.9 Å². The molecule has 2 aliphatic heterocycles. The first kappa shape index (κ1) is 41.6. The lowest BCUT2D eigenvalue weighted by Crippen LogP contribution is -2.66. The van der Waals surface area contributed by atoms with Crippen molar-refractivity contribution in [2.75, 3.05) is 38.7 Å². The fourth-order valence-electron chi connectivity index (χ4n) is 5.61. The maximum absolute atomic E-state index is 13.4. The van der Waals surface area contributed by atoms with E-state index >= 15 is 0 Å². The number of aliphatic hydroxyl groups excluding tert-OH is 4. The van der Waals surface area contributed by atoms with Crippen LogP contribution < -0.4 is 22.1 Å². The number of phosphoric acid groups is 1. The van der Waals surface area contributed by atoms with E-state index in [4.69, 9.17) is 29.0 Å². The number of nitrogen functional groups attached to an aromatic ring is 1. The molecule has 0 aromatic carbocycles. The molecule has 0 aliphatic carbocycles. The van der Waals surface area contributed by atoms with Gasteiger partial charge in [-0.1, -0.05) is 27.4 Å². The number of rotatable bonds is 18. The lowest BCUT2D eigenvalue weighted by molar-refractivity contribution is -0.276. The number of nitrogens with two attached hydrogens (primary N) is 1. The average Bonchev–Trinajstić information content (AvgIpc) is 3.33. The van der Waals surface area contributed by atoms with Crippen molar-refractivity contribution in [3.63, 3.8) is 0 Å². The molecule has 3 rings (SSSR count). The third kappa shape index (κ3) is 10.6. The summed E-state index contributed by atoms with van der Waals surface area (Å²) in [5.74, 6) is -4.09. The molecular formula is C30H50N5O14P. The number of nitrogens with zero attached hydrogens (tertiary/aromatic N) is 2. The molecule has 9 N–H and O–H groups in total. The maximum atomic E-state index is 13.4. The summed E-state index contributed by atoms with van der Waals surface area (Å²) in [6, 6.07) is -0.0303. The first-order valence-electron chi connectivity index (χ1n) is 16.3. The molecule has 1 aromatic heterocycles. The van der Waals surface area contributed by atoms with Gasteiger partial charge in [-0.15, -0.1) is 0 Å². The molecule has 50 heavy (non-hydrogen) atoms. The molecule has 0 saturated carbocycles. The van der Waals surface area contributed by atoms with Crippen molar-refractivity contribution < 1.29 is 62.7 Å². The third-order valence-electron chi connectivity index (χ3n) is 8.71. The molecule has 20 heteroatoms. The van der Waals surface area contributed by atoms with Gasteiger partial charge in [0.25, 0.3) is 0 Å². The molecule has 1 aromatic rings. The molecule has 2 amide bonds. The molecule has 2 aliphatic rings. The summed E-state index contributed by atoms with van der Waals surface area (Å²) in [7, 11) is -5.10. The second-order valence-corrected chi connectivity index (χ2v) is 13.9. The number of anilines is 1. The van der Waals surface area contributed by atoms with Gasteiger partial charge < -0.3 is 55.9 Å². The van der Waals surface area contributed by atoms with Crippen LogP contribution in [0.25, 0.3) is 0 Å². The number of aliphatic hydroxyl groups is 4. The minimum absolute atomic E-state index is 0.000278. The fraction of sp³-hybridized carbons (Fsp3) is 0.733. The number of carbonyl (C=O) groups excluding carboxylic acids is 2. The van der Waals surface area contributed by atoms with Crippen molar-refractivity contribution in [3.05, 3.63) is 34.9 Å². The standard InChI is InChI=1S/C30H50N5O14P/c1-6-10-45-11-8-23(39)32-13-24(40)34-25-19(37)12-30(16(2)3,48-27(25)26(41)20(38)14-36)49-50(43,44)46-15-21-17(4)18(5)28(47-21)35-9-7-22(31)33-29(35)42/h7,9,17-21,25-28,36-38,41H,2,6,8,10-15H2,1,3-5H3,(H,32,39)(H,34,40)(H,43,44)(H2,31,33,42). The Bertz CT molecular complexity index is 1430. The summed E-state index contributed by atoms with van der Waals surface area (Å²) >= 11 is 0. The third-order valence-corrected chi connectivity index (χ3v) is 9.71. The molecule has 11 unspecified atom stereocenters. The second kappa shape index (κ2) is 18.1. The average molecular weight is 736 g/mol. The number of ether oxygens (including phenoxy) is 3. The molecule has 19 nitrogen and oxygen atoms in total. The van der Waals surface area contributed by atoms with E-state index in [0.717, 1.165) is 6.42 Å². The zero-order valence-electron chi connectivity index (χ0n) is 28.5. The van der Waals surface area contributed by atoms with Gasteiger partial charge in [-0.3, -0.25) is 18.7 Å². The zero-order chi connectivity index (χ0) is 37.4. The number of hydrogen-bond acceptors (Lipinski definition) is 15. The minimum atomic E-state index is -5.10. The van der Waals surface area contributed by atoms with Crippen LogP contribution in [0, 0.1) is 11.8 Å². The van der Waals surface area contributed by atoms with Crippen LogP contribution in [0.4, 0.5) is 5.82 Å². The van der Waals surface area contributed by atoms with Gasteiger partial charge in [0.15, 0.2) is 0 Å². The molecule has 0 radical (unpaired) electrons. The van der Waals surface area contributed by atoms with Crippen molar-refractivity contribution in [1.82, 2.24) is 20.2 Å². The predicted octanol–water partition coefficient (Wildman–Crippen LogP) is -1.32.